The van der Waals surface area contributed by atoms with Crippen molar-refractivity contribution < 1.29 is 0 Å². The lowest BCUT2D eigenvalue weighted by Gasteiger charge is -2.40. The Bertz CT molecular complexity index is 188. The van der Waals surface area contributed by atoms with Crippen LogP contribution in [-0.4, -0.2) is 0 Å². The molecule has 2 atom stereocenters. The molecule has 0 heteroatoms. The minimum Gasteiger partial charge on any atom is -0.0628 e. The van der Waals surface area contributed by atoms with Crippen molar-refractivity contribution in [2.45, 2.75) is 78.1 Å². The van der Waals surface area contributed by atoms with Gasteiger partial charge in [-0.1, -0.05) is 65.2 Å². The van der Waals surface area contributed by atoms with Gasteiger partial charge in [-0.2, -0.15) is 0 Å². The molecule has 2 aliphatic carbocycles. The minimum atomic E-state index is 0.911. The standard InChI is InChI=1S/C16H30/c1-13(2)12-15-10-6-7-11-16(15)14-8-4-3-5-9-14/h13-16H,3-12H2,1-2H3/t15-,16+/m1/s1. The van der Waals surface area contributed by atoms with Gasteiger partial charge in [0.2, 0.25) is 0 Å². The van der Waals surface area contributed by atoms with Gasteiger partial charge in [-0.15, -0.1) is 0 Å². The predicted molar refractivity (Wildman–Crippen MR) is 71.5 cm³/mol. The topological polar surface area (TPSA) is 0 Å². The van der Waals surface area contributed by atoms with Crippen molar-refractivity contribution in [1.82, 2.24) is 0 Å². The Kier molecular flexibility index (Phi) is 4.73. The van der Waals surface area contributed by atoms with Crippen molar-refractivity contribution in [2.75, 3.05) is 0 Å². The first-order valence-corrected chi connectivity index (χ1v) is 7.77. The van der Waals surface area contributed by atoms with Crippen molar-refractivity contribution in [3.05, 3.63) is 0 Å². The molecule has 0 heterocycles. The average Bonchev–Trinajstić information content (AvgIpc) is 2.30. The highest BCUT2D eigenvalue weighted by Crippen LogP contribution is 2.43. The van der Waals surface area contributed by atoms with Gasteiger partial charge in [0.05, 0.1) is 0 Å². The molecular formula is C16H30. The summed E-state index contributed by atoms with van der Waals surface area (Å²) in [5.41, 5.74) is 0. The predicted octanol–water partition coefficient (Wildman–Crippen LogP) is 5.42. The number of rotatable bonds is 3. The van der Waals surface area contributed by atoms with Crippen LogP contribution >= 0.6 is 0 Å². The Hall–Kier alpha value is 0. The van der Waals surface area contributed by atoms with E-state index in [-0.39, 0.29) is 0 Å². The van der Waals surface area contributed by atoms with E-state index in [9.17, 15) is 0 Å². The molecule has 0 N–H and O–H groups in total. The normalized spacial score (nSPS) is 33.2. The maximum Gasteiger partial charge on any atom is -0.0357 e. The second-order valence-electron chi connectivity index (χ2n) is 6.74. The molecule has 0 unspecified atom stereocenters. The van der Waals surface area contributed by atoms with E-state index in [1.54, 1.807) is 25.7 Å². The highest BCUT2D eigenvalue weighted by Gasteiger charge is 2.32. The van der Waals surface area contributed by atoms with Crippen LogP contribution in [0.15, 0.2) is 0 Å². The molecular weight excluding hydrogens is 192 g/mol. The van der Waals surface area contributed by atoms with Gasteiger partial charge in [0.1, 0.15) is 0 Å². The average molecular weight is 222 g/mol. The lowest BCUT2D eigenvalue weighted by molar-refractivity contribution is 0.113. The molecule has 2 aliphatic rings. The van der Waals surface area contributed by atoms with Gasteiger partial charge in [-0.05, 0) is 36.5 Å². The van der Waals surface area contributed by atoms with Crippen LogP contribution in [0.5, 0.6) is 0 Å². The minimum absolute atomic E-state index is 0.911. The third kappa shape index (κ3) is 3.25. The van der Waals surface area contributed by atoms with E-state index in [1.807, 2.05) is 0 Å². The van der Waals surface area contributed by atoms with Gasteiger partial charge in [0, 0.05) is 0 Å². The molecule has 0 aliphatic heterocycles. The molecule has 94 valence electrons. The summed E-state index contributed by atoms with van der Waals surface area (Å²) in [6.45, 7) is 4.82. The Morgan fingerprint density at radius 3 is 2.12 bits per heavy atom. The molecule has 0 aromatic rings. The molecule has 2 rings (SSSR count). The van der Waals surface area contributed by atoms with E-state index in [1.165, 1.54) is 38.5 Å². The molecule has 0 saturated heterocycles. The van der Waals surface area contributed by atoms with Gasteiger partial charge in [0.15, 0.2) is 0 Å². The highest BCUT2D eigenvalue weighted by atomic mass is 14.4. The van der Waals surface area contributed by atoms with Crippen molar-refractivity contribution in [3.63, 3.8) is 0 Å². The van der Waals surface area contributed by atoms with Crippen LogP contribution in [0, 0.1) is 23.7 Å². The number of hydrogen-bond acceptors (Lipinski definition) is 0. The number of hydrogen-bond donors (Lipinski definition) is 0. The summed E-state index contributed by atoms with van der Waals surface area (Å²) in [7, 11) is 0. The van der Waals surface area contributed by atoms with Gasteiger partial charge < -0.3 is 0 Å². The Morgan fingerprint density at radius 2 is 1.44 bits per heavy atom. The fourth-order valence-corrected chi connectivity index (χ4v) is 4.32. The van der Waals surface area contributed by atoms with Crippen molar-refractivity contribution in [3.8, 4) is 0 Å². The van der Waals surface area contributed by atoms with E-state index in [4.69, 9.17) is 0 Å². The van der Waals surface area contributed by atoms with Crippen molar-refractivity contribution >= 4 is 0 Å². The van der Waals surface area contributed by atoms with E-state index in [2.05, 4.69) is 13.8 Å². The lowest BCUT2D eigenvalue weighted by Crippen LogP contribution is -2.29. The van der Waals surface area contributed by atoms with Crippen LogP contribution in [0.25, 0.3) is 0 Å². The smallest absolute Gasteiger partial charge is 0.0357 e. The molecule has 0 amide bonds. The zero-order valence-corrected chi connectivity index (χ0v) is 11.4. The first-order chi connectivity index (χ1) is 7.77. The van der Waals surface area contributed by atoms with Gasteiger partial charge in [-0.25, -0.2) is 0 Å². The van der Waals surface area contributed by atoms with Crippen LogP contribution in [0.3, 0.4) is 0 Å². The van der Waals surface area contributed by atoms with E-state index < -0.39 is 0 Å². The zero-order valence-electron chi connectivity index (χ0n) is 11.4. The van der Waals surface area contributed by atoms with Crippen LogP contribution in [-0.2, 0) is 0 Å². The summed E-state index contributed by atoms with van der Waals surface area (Å²) in [4.78, 5) is 0. The summed E-state index contributed by atoms with van der Waals surface area (Å²) in [6, 6.07) is 0. The Labute approximate surface area is 102 Å². The molecule has 0 aromatic carbocycles. The lowest BCUT2D eigenvalue weighted by atomic mass is 9.66. The monoisotopic (exact) mass is 222 g/mol. The second-order valence-corrected chi connectivity index (χ2v) is 6.74. The second kappa shape index (κ2) is 6.07. The molecule has 0 nitrogen and oxygen atoms in total. The first kappa shape index (κ1) is 12.5. The van der Waals surface area contributed by atoms with Gasteiger partial charge >= 0.3 is 0 Å². The highest BCUT2D eigenvalue weighted by molar-refractivity contribution is 4.83. The van der Waals surface area contributed by atoms with Gasteiger partial charge in [-0.3, -0.25) is 0 Å². The zero-order chi connectivity index (χ0) is 11.4. The van der Waals surface area contributed by atoms with Crippen LogP contribution < -0.4 is 0 Å². The first-order valence-electron chi connectivity index (χ1n) is 7.77. The molecule has 0 spiro atoms. The molecule has 0 radical (unpaired) electrons. The van der Waals surface area contributed by atoms with Crippen LogP contribution in [0.4, 0.5) is 0 Å². The largest absolute Gasteiger partial charge is 0.0628 e. The fourth-order valence-electron chi connectivity index (χ4n) is 4.32. The molecule has 0 aromatic heterocycles. The fraction of sp³-hybridized carbons (Fsp3) is 1.00. The summed E-state index contributed by atoms with van der Waals surface area (Å²) < 4.78 is 0. The van der Waals surface area contributed by atoms with Crippen LogP contribution in [0.1, 0.15) is 78.1 Å². The van der Waals surface area contributed by atoms with Crippen molar-refractivity contribution in [2.24, 2.45) is 23.7 Å². The Morgan fingerprint density at radius 1 is 0.812 bits per heavy atom. The molecule has 16 heavy (non-hydrogen) atoms. The van der Waals surface area contributed by atoms with Gasteiger partial charge in [0.25, 0.3) is 0 Å². The molecule has 2 saturated carbocycles. The summed E-state index contributed by atoms with van der Waals surface area (Å²) in [6.07, 6.45) is 15.3. The SMILES string of the molecule is CC(C)C[C@H]1CCCC[C@H]1C1CCCCC1. The maximum atomic E-state index is 2.41. The summed E-state index contributed by atoms with van der Waals surface area (Å²) in [5, 5.41) is 0. The van der Waals surface area contributed by atoms with Crippen molar-refractivity contribution in [1.29, 1.82) is 0 Å². The third-order valence-electron chi connectivity index (χ3n) is 5.00. The van der Waals surface area contributed by atoms with E-state index >= 15 is 0 Å². The Balaban J connectivity index is 1.92. The third-order valence-corrected chi connectivity index (χ3v) is 5.00. The molecule has 2 fully saturated rings. The van der Waals surface area contributed by atoms with E-state index in [0.717, 1.165) is 23.7 Å². The van der Waals surface area contributed by atoms with E-state index in [0.29, 0.717) is 0 Å². The molecule has 0 bridgehead atoms. The summed E-state index contributed by atoms with van der Waals surface area (Å²) >= 11 is 0. The van der Waals surface area contributed by atoms with Crippen LogP contribution in [0.2, 0.25) is 0 Å². The quantitative estimate of drug-likeness (QED) is 0.598. The summed E-state index contributed by atoms with van der Waals surface area (Å²) in [5.74, 6) is 4.21. The maximum absolute atomic E-state index is 2.41.